The molecule has 2 heterocycles. The van der Waals surface area contributed by atoms with E-state index in [9.17, 15) is 19.2 Å². The molecule has 0 unspecified atom stereocenters. The van der Waals surface area contributed by atoms with Crippen LogP contribution in [0.2, 0.25) is 0 Å². The van der Waals surface area contributed by atoms with Gasteiger partial charge in [-0.15, -0.1) is 0 Å². The third kappa shape index (κ3) is 4.24. The highest BCUT2D eigenvalue weighted by molar-refractivity contribution is 6.10. The van der Waals surface area contributed by atoms with E-state index in [0.29, 0.717) is 18.7 Å². The lowest BCUT2D eigenvalue weighted by molar-refractivity contribution is -0.148. The maximum Gasteiger partial charge on any atom is 0.242 e. The largest absolute Gasteiger partial charge is 0.336 e. The van der Waals surface area contributed by atoms with Crippen LogP contribution in [0.5, 0.6) is 0 Å². The SMILES string of the molecule is CN1C(=O)C[C@](CC(=O)N2CCN(C3CCCC3)C(=O)C2)(c2ccc(-c3ccccc3)cc2)C1=O. The zero-order valence-electron chi connectivity index (χ0n) is 20.1. The Morgan fingerprint density at radius 3 is 2.14 bits per heavy atom. The summed E-state index contributed by atoms with van der Waals surface area (Å²) in [5.41, 5.74) is 1.46. The Kier molecular flexibility index (Phi) is 6.17. The molecule has 2 saturated heterocycles. The molecular formula is C28H31N3O4. The molecule has 1 aliphatic carbocycles. The van der Waals surface area contributed by atoms with Crippen molar-refractivity contribution in [2.75, 3.05) is 26.7 Å². The molecule has 2 aromatic carbocycles. The number of likely N-dealkylation sites (tertiary alicyclic amines) is 1. The van der Waals surface area contributed by atoms with Gasteiger partial charge in [-0.2, -0.15) is 0 Å². The van der Waals surface area contributed by atoms with Gasteiger partial charge in [-0.3, -0.25) is 24.1 Å². The van der Waals surface area contributed by atoms with Crippen LogP contribution in [0.25, 0.3) is 11.1 Å². The van der Waals surface area contributed by atoms with Crippen molar-refractivity contribution in [3.05, 3.63) is 60.2 Å². The number of likely N-dealkylation sites (N-methyl/N-ethyl adjacent to an activating group) is 1. The fourth-order valence-electron chi connectivity index (χ4n) is 5.84. The van der Waals surface area contributed by atoms with Crippen LogP contribution in [0.4, 0.5) is 0 Å². The van der Waals surface area contributed by atoms with Gasteiger partial charge in [0.25, 0.3) is 0 Å². The van der Waals surface area contributed by atoms with Gasteiger partial charge in [0, 0.05) is 39.0 Å². The monoisotopic (exact) mass is 473 g/mol. The van der Waals surface area contributed by atoms with Crippen LogP contribution < -0.4 is 0 Å². The second kappa shape index (κ2) is 9.29. The third-order valence-electron chi connectivity index (χ3n) is 7.91. The van der Waals surface area contributed by atoms with Crippen molar-refractivity contribution in [1.82, 2.24) is 14.7 Å². The van der Waals surface area contributed by atoms with E-state index in [1.165, 1.54) is 7.05 Å². The van der Waals surface area contributed by atoms with Crippen molar-refractivity contribution in [2.24, 2.45) is 0 Å². The van der Waals surface area contributed by atoms with Crippen LogP contribution >= 0.6 is 0 Å². The molecule has 0 N–H and O–H groups in total. The minimum Gasteiger partial charge on any atom is -0.336 e. The highest BCUT2D eigenvalue weighted by Gasteiger charge is 2.53. The maximum absolute atomic E-state index is 13.4. The number of benzene rings is 2. The van der Waals surface area contributed by atoms with Crippen molar-refractivity contribution in [3.63, 3.8) is 0 Å². The zero-order valence-corrected chi connectivity index (χ0v) is 20.1. The topological polar surface area (TPSA) is 78.0 Å². The van der Waals surface area contributed by atoms with E-state index in [1.807, 2.05) is 59.5 Å². The summed E-state index contributed by atoms with van der Waals surface area (Å²) >= 11 is 0. The number of hydrogen-bond acceptors (Lipinski definition) is 4. The van der Waals surface area contributed by atoms with Gasteiger partial charge in [0.1, 0.15) is 0 Å². The van der Waals surface area contributed by atoms with Crippen LogP contribution in [0, 0.1) is 0 Å². The lowest BCUT2D eigenvalue weighted by atomic mass is 9.75. The number of nitrogens with zero attached hydrogens (tertiary/aromatic N) is 3. The first-order chi connectivity index (χ1) is 16.9. The lowest BCUT2D eigenvalue weighted by Gasteiger charge is -2.39. The van der Waals surface area contributed by atoms with Crippen LogP contribution in [0.15, 0.2) is 54.6 Å². The van der Waals surface area contributed by atoms with E-state index in [4.69, 9.17) is 0 Å². The molecule has 5 rings (SSSR count). The molecule has 1 saturated carbocycles. The fourth-order valence-corrected chi connectivity index (χ4v) is 5.84. The first-order valence-corrected chi connectivity index (χ1v) is 12.4. The molecule has 182 valence electrons. The molecular weight excluding hydrogens is 442 g/mol. The van der Waals surface area contributed by atoms with E-state index in [0.717, 1.165) is 41.7 Å². The Morgan fingerprint density at radius 1 is 0.886 bits per heavy atom. The average Bonchev–Trinajstić information content (AvgIpc) is 3.49. The first-order valence-electron chi connectivity index (χ1n) is 12.4. The number of carbonyl (C=O) groups excluding carboxylic acids is 4. The van der Waals surface area contributed by atoms with Gasteiger partial charge in [-0.05, 0) is 29.5 Å². The molecule has 1 atom stereocenters. The summed E-state index contributed by atoms with van der Waals surface area (Å²) in [5, 5.41) is 0. The quantitative estimate of drug-likeness (QED) is 0.626. The van der Waals surface area contributed by atoms with Crippen LogP contribution in [0.3, 0.4) is 0 Å². The van der Waals surface area contributed by atoms with Gasteiger partial charge in [-0.25, -0.2) is 0 Å². The summed E-state index contributed by atoms with van der Waals surface area (Å²) in [6.45, 7) is 1.03. The Labute approximate surface area is 205 Å². The molecule has 0 spiro atoms. The Morgan fingerprint density at radius 2 is 1.54 bits per heavy atom. The summed E-state index contributed by atoms with van der Waals surface area (Å²) in [7, 11) is 1.47. The predicted molar refractivity (Wildman–Crippen MR) is 131 cm³/mol. The summed E-state index contributed by atoms with van der Waals surface area (Å²) < 4.78 is 0. The molecule has 3 fully saturated rings. The smallest absolute Gasteiger partial charge is 0.242 e. The van der Waals surface area contributed by atoms with Crippen LogP contribution in [-0.4, -0.2) is 71.1 Å². The van der Waals surface area contributed by atoms with Crippen molar-refractivity contribution < 1.29 is 19.2 Å². The number of hydrogen-bond donors (Lipinski definition) is 0. The predicted octanol–water partition coefficient (Wildman–Crippen LogP) is 2.98. The normalized spacial score (nSPS) is 23.5. The standard InChI is InChI=1S/C28H31N3O4/c1-29-24(32)17-28(27(29)35,22-13-11-21(12-14-22)20-7-3-2-4-8-20)18-25(33)30-15-16-31(26(34)19-30)23-9-5-6-10-23/h2-4,7-8,11-14,23H,5-6,9-10,15-19H2,1H3/t28-/m0/s1. The Balaban J connectivity index is 1.37. The van der Waals surface area contributed by atoms with Gasteiger partial charge in [-0.1, -0.05) is 67.4 Å². The number of rotatable bonds is 5. The van der Waals surface area contributed by atoms with E-state index in [1.54, 1.807) is 4.90 Å². The minimum absolute atomic E-state index is 0.0243. The van der Waals surface area contributed by atoms with Crippen molar-refractivity contribution in [2.45, 2.75) is 50.0 Å². The highest BCUT2D eigenvalue weighted by atomic mass is 16.2. The van der Waals surface area contributed by atoms with E-state index < -0.39 is 5.41 Å². The van der Waals surface area contributed by atoms with Crippen molar-refractivity contribution >= 4 is 23.6 Å². The van der Waals surface area contributed by atoms with Crippen LogP contribution in [0.1, 0.15) is 44.1 Å². The van der Waals surface area contributed by atoms with Gasteiger partial charge >= 0.3 is 0 Å². The van der Waals surface area contributed by atoms with Gasteiger partial charge in [0.2, 0.25) is 23.6 Å². The second-order valence-corrected chi connectivity index (χ2v) is 9.98. The number of imide groups is 1. The summed E-state index contributed by atoms with van der Waals surface area (Å²) in [5.74, 6) is -0.937. The van der Waals surface area contributed by atoms with Gasteiger partial charge < -0.3 is 9.80 Å². The maximum atomic E-state index is 13.4. The second-order valence-electron chi connectivity index (χ2n) is 9.98. The molecule has 4 amide bonds. The molecule has 2 aliphatic heterocycles. The first kappa shape index (κ1) is 23.3. The molecule has 35 heavy (non-hydrogen) atoms. The molecule has 0 bridgehead atoms. The molecule has 7 nitrogen and oxygen atoms in total. The molecule has 0 radical (unpaired) electrons. The van der Waals surface area contributed by atoms with Gasteiger partial charge in [0.05, 0.1) is 12.0 Å². The third-order valence-corrected chi connectivity index (χ3v) is 7.91. The highest BCUT2D eigenvalue weighted by Crippen LogP contribution is 2.40. The molecule has 2 aromatic rings. The molecule has 0 aromatic heterocycles. The van der Waals surface area contributed by atoms with E-state index in [2.05, 4.69) is 0 Å². The molecule has 7 heteroatoms. The minimum atomic E-state index is -1.25. The van der Waals surface area contributed by atoms with E-state index >= 15 is 0 Å². The van der Waals surface area contributed by atoms with Crippen molar-refractivity contribution in [1.29, 1.82) is 0 Å². The van der Waals surface area contributed by atoms with Gasteiger partial charge in [0.15, 0.2) is 0 Å². The van der Waals surface area contributed by atoms with Crippen molar-refractivity contribution in [3.8, 4) is 11.1 Å². The fraction of sp³-hybridized carbons (Fsp3) is 0.429. The number of amides is 4. The average molecular weight is 474 g/mol. The zero-order chi connectivity index (χ0) is 24.6. The number of carbonyl (C=O) groups is 4. The summed E-state index contributed by atoms with van der Waals surface area (Å²) in [6.07, 6.45) is 4.19. The summed E-state index contributed by atoms with van der Waals surface area (Å²) in [6, 6.07) is 17.7. The Bertz CT molecular complexity index is 1140. The van der Waals surface area contributed by atoms with E-state index in [-0.39, 0.29) is 49.1 Å². The molecule has 3 aliphatic rings. The number of piperazine rings is 1. The summed E-state index contributed by atoms with van der Waals surface area (Å²) in [4.78, 5) is 56.8. The Hall–Kier alpha value is -3.48. The van der Waals surface area contributed by atoms with Crippen LogP contribution in [-0.2, 0) is 24.6 Å². The lowest BCUT2D eigenvalue weighted by Crippen LogP contribution is -2.55.